The Labute approximate surface area is 96.6 Å². The van der Waals surface area contributed by atoms with Gasteiger partial charge < -0.3 is 4.74 Å². The van der Waals surface area contributed by atoms with Gasteiger partial charge in [-0.05, 0) is 18.2 Å². The third kappa shape index (κ3) is 2.58. The number of hydrogen-bond donors (Lipinski definition) is 0. The highest BCUT2D eigenvalue weighted by atomic mass is 35.5. The van der Waals surface area contributed by atoms with Gasteiger partial charge in [-0.3, -0.25) is 0 Å². The van der Waals surface area contributed by atoms with Crippen molar-refractivity contribution in [3.63, 3.8) is 0 Å². The van der Waals surface area contributed by atoms with E-state index in [-0.39, 0.29) is 0 Å². The minimum absolute atomic E-state index is 0.377. The quantitative estimate of drug-likeness (QED) is 0.805. The van der Waals surface area contributed by atoms with E-state index in [9.17, 15) is 0 Å². The smallest absolute Gasteiger partial charge is 0.238 e. The molecular formula is C10H6Cl2N2O. The molecular weight excluding hydrogens is 235 g/mol. The molecule has 15 heavy (non-hydrogen) atoms. The molecule has 0 spiro atoms. The predicted octanol–water partition coefficient (Wildman–Crippen LogP) is 3.58. The standard InChI is InChI=1S/C10H6Cl2N2O/c11-7-3-4-8(12)9(6-7)15-10-2-1-5-13-14-10/h1-6H. The summed E-state index contributed by atoms with van der Waals surface area (Å²) in [5, 5.41) is 8.48. The lowest BCUT2D eigenvalue weighted by Gasteiger charge is -2.05. The molecule has 2 rings (SSSR count). The SMILES string of the molecule is Clc1ccc(Cl)c(Oc2cccnn2)c1. The van der Waals surface area contributed by atoms with Gasteiger partial charge in [0.25, 0.3) is 0 Å². The van der Waals surface area contributed by atoms with Gasteiger partial charge in [0.2, 0.25) is 5.88 Å². The second kappa shape index (κ2) is 4.47. The summed E-state index contributed by atoms with van der Waals surface area (Å²) in [5.41, 5.74) is 0. The lowest BCUT2D eigenvalue weighted by atomic mass is 10.3. The molecule has 0 atom stereocenters. The normalized spacial score (nSPS) is 10.0. The molecule has 0 bridgehead atoms. The minimum atomic E-state index is 0.377. The van der Waals surface area contributed by atoms with Crippen molar-refractivity contribution in [2.75, 3.05) is 0 Å². The van der Waals surface area contributed by atoms with Crippen molar-refractivity contribution in [3.8, 4) is 11.6 Å². The minimum Gasteiger partial charge on any atom is -0.436 e. The molecule has 0 saturated carbocycles. The Balaban J connectivity index is 2.28. The van der Waals surface area contributed by atoms with E-state index in [1.54, 1.807) is 36.5 Å². The first kappa shape index (κ1) is 10.2. The van der Waals surface area contributed by atoms with Crippen LogP contribution < -0.4 is 4.74 Å². The fourth-order valence-electron chi connectivity index (χ4n) is 1.01. The van der Waals surface area contributed by atoms with Gasteiger partial charge in [0.1, 0.15) is 5.75 Å². The van der Waals surface area contributed by atoms with Crippen molar-refractivity contribution < 1.29 is 4.74 Å². The molecule has 0 aliphatic rings. The topological polar surface area (TPSA) is 35.0 Å². The lowest BCUT2D eigenvalue weighted by Crippen LogP contribution is -1.89. The molecule has 0 unspecified atom stereocenters. The first-order valence-corrected chi connectivity index (χ1v) is 4.92. The maximum Gasteiger partial charge on any atom is 0.238 e. The third-order valence-corrected chi connectivity index (χ3v) is 2.20. The van der Waals surface area contributed by atoms with E-state index in [2.05, 4.69) is 10.2 Å². The van der Waals surface area contributed by atoms with Gasteiger partial charge in [-0.25, -0.2) is 0 Å². The summed E-state index contributed by atoms with van der Waals surface area (Å²) in [4.78, 5) is 0. The predicted molar refractivity (Wildman–Crippen MR) is 58.6 cm³/mol. The maximum atomic E-state index is 5.91. The van der Waals surface area contributed by atoms with Gasteiger partial charge in [-0.2, -0.15) is 5.10 Å². The number of aromatic nitrogens is 2. The summed E-state index contributed by atoms with van der Waals surface area (Å²) in [7, 11) is 0. The molecule has 1 aromatic heterocycles. The summed E-state index contributed by atoms with van der Waals surface area (Å²) >= 11 is 11.7. The molecule has 0 N–H and O–H groups in total. The fourth-order valence-corrected chi connectivity index (χ4v) is 1.33. The molecule has 0 saturated heterocycles. The van der Waals surface area contributed by atoms with Crippen LogP contribution in [0.25, 0.3) is 0 Å². The van der Waals surface area contributed by atoms with E-state index in [4.69, 9.17) is 27.9 Å². The van der Waals surface area contributed by atoms with Crippen LogP contribution in [0.15, 0.2) is 36.5 Å². The van der Waals surface area contributed by atoms with Gasteiger partial charge in [-0.1, -0.05) is 23.2 Å². The number of benzene rings is 1. The molecule has 0 radical (unpaired) electrons. The van der Waals surface area contributed by atoms with E-state index in [1.165, 1.54) is 0 Å². The van der Waals surface area contributed by atoms with Crippen LogP contribution >= 0.6 is 23.2 Å². The van der Waals surface area contributed by atoms with Crippen LogP contribution in [0.4, 0.5) is 0 Å². The van der Waals surface area contributed by atoms with Gasteiger partial charge in [0.15, 0.2) is 0 Å². The van der Waals surface area contributed by atoms with E-state index in [0.717, 1.165) is 0 Å². The van der Waals surface area contributed by atoms with Crippen molar-refractivity contribution in [3.05, 3.63) is 46.6 Å². The highest BCUT2D eigenvalue weighted by molar-refractivity contribution is 6.34. The Hall–Kier alpha value is -1.32. The number of nitrogens with zero attached hydrogens (tertiary/aromatic N) is 2. The van der Waals surface area contributed by atoms with Crippen LogP contribution in [0.3, 0.4) is 0 Å². The number of ether oxygens (including phenoxy) is 1. The molecule has 0 aliphatic heterocycles. The maximum absolute atomic E-state index is 5.91. The summed E-state index contributed by atoms with van der Waals surface area (Å²) in [6.07, 6.45) is 1.56. The summed E-state index contributed by atoms with van der Waals surface area (Å²) < 4.78 is 5.40. The van der Waals surface area contributed by atoms with Gasteiger partial charge >= 0.3 is 0 Å². The zero-order chi connectivity index (χ0) is 10.7. The molecule has 5 heteroatoms. The number of rotatable bonds is 2. The molecule has 0 fully saturated rings. The van der Waals surface area contributed by atoms with Crippen molar-refractivity contribution >= 4 is 23.2 Å². The lowest BCUT2D eigenvalue weighted by molar-refractivity contribution is 0.455. The second-order valence-electron chi connectivity index (χ2n) is 2.74. The summed E-state index contributed by atoms with van der Waals surface area (Å²) in [6.45, 7) is 0. The highest BCUT2D eigenvalue weighted by Crippen LogP contribution is 2.30. The average molecular weight is 241 g/mol. The Kier molecular flexibility index (Phi) is 3.04. The number of hydrogen-bond acceptors (Lipinski definition) is 3. The molecule has 3 nitrogen and oxygen atoms in total. The van der Waals surface area contributed by atoms with Crippen LogP contribution in [0.2, 0.25) is 10.0 Å². The molecule has 1 aromatic carbocycles. The van der Waals surface area contributed by atoms with E-state index >= 15 is 0 Å². The Morgan fingerprint density at radius 2 is 2.00 bits per heavy atom. The molecule has 1 heterocycles. The Morgan fingerprint density at radius 1 is 1.13 bits per heavy atom. The zero-order valence-corrected chi connectivity index (χ0v) is 9.03. The second-order valence-corrected chi connectivity index (χ2v) is 3.58. The molecule has 76 valence electrons. The Bertz CT molecular complexity index is 462. The van der Waals surface area contributed by atoms with Crippen molar-refractivity contribution in [2.45, 2.75) is 0 Å². The van der Waals surface area contributed by atoms with Crippen LogP contribution in [-0.4, -0.2) is 10.2 Å². The molecule has 0 aliphatic carbocycles. The van der Waals surface area contributed by atoms with Gasteiger partial charge in [0, 0.05) is 23.4 Å². The first-order valence-electron chi connectivity index (χ1n) is 4.16. The molecule has 0 amide bonds. The van der Waals surface area contributed by atoms with Crippen molar-refractivity contribution in [1.29, 1.82) is 0 Å². The highest BCUT2D eigenvalue weighted by Gasteiger charge is 2.04. The van der Waals surface area contributed by atoms with Crippen molar-refractivity contribution in [1.82, 2.24) is 10.2 Å². The van der Waals surface area contributed by atoms with E-state index in [0.29, 0.717) is 21.7 Å². The largest absolute Gasteiger partial charge is 0.436 e. The van der Waals surface area contributed by atoms with Gasteiger partial charge in [0.05, 0.1) is 5.02 Å². The molecule has 2 aromatic rings. The van der Waals surface area contributed by atoms with E-state index < -0.39 is 0 Å². The Morgan fingerprint density at radius 3 is 2.73 bits per heavy atom. The monoisotopic (exact) mass is 240 g/mol. The van der Waals surface area contributed by atoms with Crippen LogP contribution in [0.1, 0.15) is 0 Å². The first-order chi connectivity index (χ1) is 7.25. The average Bonchev–Trinajstić information content (AvgIpc) is 2.25. The fraction of sp³-hybridized carbons (Fsp3) is 0. The van der Waals surface area contributed by atoms with Gasteiger partial charge in [-0.15, -0.1) is 5.10 Å². The number of halogens is 2. The van der Waals surface area contributed by atoms with E-state index in [1.807, 2.05) is 0 Å². The summed E-state index contributed by atoms with van der Waals surface area (Å²) in [5.74, 6) is 0.839. The van der Waals surface area contributed by atoms with Crippen LogP contribution in [-0.2, 0) is 0 Å². The third-order valence-electron chi connectivity index (χ3n) is 1.66. The van der Waals surface area contributed by atoms with Crippen LogP contribution in [0, 0.1) is 0 Å². The zero-order valence-electron chi connectivity index (χ0n) is 7.52. The van der Waals surface area contributed by atoms with Crippen molar-refractivity contribution in [2.24, 2.45) is 0 Å². The summed E-state index contributed by atoms with van der Waals surface area (Å²) in [6, 6.07) is 8.38. The van der Waals surface area contributed by atoms with Crippen LogP contribution in [0.5, 0.6) is 11.6 Å².